The minimum Gasteiger partial charge on any atom is -0.380 e. The molecule has 0 spiro atoms. The SMILES string of the molecule is COC1CCN(Cc2ccc3c(NNC(=O)c4cnccn4)nc4cc(F)ccc4n23)C1. The van der Waals surface area contributed by atoms with E-state index in [2.05, 4.69) is 30.7 Å². The summed E-state index contributed by atoms with van der Waals surface area (Å²) in [5, 5.41) is 0. The Hall–Kier alpha value is -3.63. The van der Waals surface area contributed by atoms with Crippen molar-refractivity contribution in [2.75, 3.05) is 25.6 Å². The van der Waals surface area contributed by atoms with Crippen LogP contribution in [0.3, 0.4) is 0 Å². The number of amides is 1. The average molecular weight is 435 g/mol. The summed E-state index contributed by atoms with van der Waals surface area (Å²) in [4.78, 5) is 27.1. The molecule has 4 heterocycles. The highest BCUT2D eigenvalue weighted by molar-refractivity contribution is 5.93. The Balaban J connectivity index is 1.50. The minimum atomic E-state index is -0.452. The van der Waals surface area contributed by atoms with E-state index in [1.54, 1.807) is 13.2 Å². The molecule has 1 atom stereocenters. The molecule has 1 aliphatic rings. The number of hydrazine groups is 1. The molecule has 9 nitrogen and oxygen atoms in total. The Kier molecular flexibility index (Phi) is 5.38. The van der Waals surface area contributed by atoms with Gasteiger partial charge in [0.05, 0.1) is 28.9 Å². The van der Waals surface area contributed by atoms with Crippen LogP contribution in [-0.2, 0) is 11.3 Å². The van der Waals surface area contributed by atoms with Crippen molar-refractivity contribution in [3.8, 4) is 0 Å². The van der Waals surface area contributed by atoms with Crippen molar-refractivity contribution in [1.29, 1.82) is 0 Å². The largest absolute Gasteiger partial charge is 0.380 e. The summed E-state index contributed by atoms with van der Waals surface area (Å²) in [6.45, 7) is 2.53. The molecular weight excluding hydrogens is 413 g/mol. The van der Waals surface area contributed by atoms with Crippen LogP contribution in [0.15, 0.2) is 48.9 Å². The number of anilines is 1. The highest BCUT2D eigenvalue weighted by Crippen LogP contribution is 2.26. The van der Waals surface area contributed by atoms with Crippen LogP contribution < -0.4 is 10.9 Å². The maximum atomic E-state index is 14.0. The Bertz CT molecular complexity index is 1280. The minimum absolute atomic E-state index is 0.167. The molecule has 5 rings (SSSR count). The van der Waals surface area contributed by atoms with Crippen LogP contribution in [0.2, 0.25) is 0 Å². The molecule has 1 aliphatic heterocycles. The van der Waals surface area contributed by atoms with Gasteiger partial charge in [-0.25, -0.2) is 14.4 Å². The molecule has 2 N–H and O–H groups in total. The number of halogens is 1. The Morgan fingerprint density at radius 3 is 2.91 bits per heavy atom. The Morgan fingerprint density at radius 2 is 2.12 bits per heavy atom. The van der Waals surface area contributed by atoms with Crippen LogP contribution in [0.5, 0.6) is 0 Å². The standard InChI is InChI=1S/C22H22FN7O2/c1-32-16-6-9-29(13-16)12-15-3-5-20-21(27-28-22(31)18-11-24-7-8-25-18)26-17-10-14(23)2-4-19(17)30(15)20/h2-5,7-8,10-11,16H,6,9,12-13H2,1H3,(H,26,27)(H,28,31). The quantitative estimate of drug-likeness (QED) is 0.449. The molecule has 1 fully saturated rings. The summed E-state index contributed by atoms with van der Waals surface area (Å²) in [7, 11) is 1.74. The van der Waals surface area contributed by atoms with E-state index in [0.717, 1.165) is 42.8 Å². The van der Waals surface area contributed by atoms with Gasteiger partial charge in [0.15, 0.2) is 5.82 Å². The van der Waals surface area contributed by atoms with Gasteiger partial charge in [-0.15, -0.1) is 0 Å². The first kappa shape index (κ1) is 20.3. The lowest BCUT2D eigenvalue weighted by Gasteiger charge is -2.17. The van der Waals surface area contributed by atoms with E-state index in [1.165, 1.54) is 30.7 Å². The van der Waals surface area contributed by atoms with Crippen molar-refractivity contribution in [2.45, 2.75) is 19.1 Å². The molecule has 164 valence electrons. The molecule has 1 saturated heterocycles. The van der Waals surface area contributed by atoms with Crippen LogP contribution in [0, 0.1) is 5.82 Å². The van der Waals surface area contributed by atoms with Gasteiger partial charge in [-0.1, -0.05) is 0 Å². The smallest absolute Gasteiger partial charge is 0.289 e. The zero-order valence-electron chi connectivity index (χ0n) is 17.5. The number of hydrogen-bond donors (Lipinski definition) is 2. The highest BCUT2D eigenvalue weighted by atomic mass is 19.1. The number of nitrogens with zero attached hydrogens (tertiary/aromatic N) is 5. The van der Waals surface area contributed by atoms with Crippen molar-refractivity contribution in [3.63, 3.8) is 0 Å². The lowest BCUT2D eigenvalue weighted by atomic mass is 10.2. The second kappa shape index (κ2) is 8.48. The molecule has 3 aromatic heterocycles. The van der Waals surface area contributed by atoms with Gasteiger partial charge in [-0.2, -0.15) is 0 Å². The topological polar surface area (TPSA) is 96.7 Å². The predicted octanol–water partition coefficient (Wildman–Crippen LogP) is 2.39. The lowest BCUT2D eigenvalue weighted by molar-refractivity contribution is 0.0957. The summed E-state index contributed by atoms with van der Waals surface area (Å²) in [6.07, 6.45) is 5.53. The summed E-state index contributed by atoms with van der Waals surface area (Å²) in [5.74, 6) is -0.426. The predicted molar refractivity (Wildman–Crippen MR) is 116 cm³/mol. The number of methoxy groups -OCH3 is 1. The molecule has 0 radical (unpaired) electrons. The fraction of sp³-hybridized carbons (Fsp3) is 0.273. The third-order valence-corrected chi connectivity index (χ3v) is 5.65. The molecule has 4 aromatic rings. The van der Waals surface area contributed by atoms with Gasteiger partial charge >= 0.3 is 0 Å². The van der Waals surface area contributed by atoms with E-state index >= 15 is 0 Å². The third kappa shape index (κ3) is 3.85. The average Bonchev–Trinajstić information content (AvgIpc) is 3.45. The van der Waals surface area contributed by atoms with Crippen LogP contribution in [0.1, 0.15) is 22.6 Å². The van der Waals surface area contributed by atoms with Gasteiger partial charge in [0, 0.05) is 50.9 Å². The van der Waals surface area contributed by atoms with E-state index in [0.29, 0.717) is 11.3 Å². The lowest BCUT2D eigenvalue weighted by Crippen LogP contribution is -2.31. The molecule has 0 aliphatic carbocycles. The fourth-order valence-electron chi connectivity index (χ4n) is 4.08. The van der Waals surface area contributed by atoms with Crippen molar-refractivity contribution in [1.82, 2.24) is 29.7 Å². The van der Waals surface area contributed by atoms with E-state index in [-0.39, 0.29) is 17.6 Å². The molecule has 10 heteroatoms. The van der Waals surface area contributed by atoms with Crippen LogP contribution in [-0.4, -0.2) is 56.5 Å². The zero-order chi connectivity index (χ0) is 22.1. The molecular formula is C22H22FN7O2. The normalized spacial score (nSPS) is 16.6. The van der Waals surface area contributed by atoms with Crippen LogP contribution in [0.25, 0.3) is 16.6 Å². The van der Waals surface area contributed by atoms with Crippen molar-refractivity contribution >= 4 is 28.3 Å². The number of rotatable bonds is 6. The first-order chi connectivity index (χ1) is 15.6. The second-order valence-corrected chi connectivity index (χ2v) is 7.69. The van der Waals surface area contributed by atoms with E-state index in [4.69, 9.17) is 4.74 Å². The van der Waals surface area contributed by atoms with Gasteiger partial charge in [0.1, 0.15) is 11.5 Å². The number of carbonyl (C=O) groups is 1. The number of hydrogen-bond acceptors (Lipinski definition) is 7. The number of ether oxygens (including phenoxy) is 1. The van der Waals surface area contributed by atoms with E-state index in [9.17, 15) is 9.18 Å². The molecule has 0 bridgehead atoms. The van der Waals surface area contributed by atoms with Crippen molar-refractivity contribution in [3.05, 3.63) is 66.1 Å². The molecule has 1 aromatic carbocycles. The summed E-state index contributed by atoms with van der Waals surface area (Å²) in [6, 6.07) is 8.48. The zero-order valence-corrected chi connectivity index (χ0v) is 17.5. The van der Waals surface area contributed by atoms with E-state index in [1.807, 2.05) is 16.5 Å². The summed E-state index contributed by atoms with van der Waals surface area (Å²) < 4.78 is 21.5. The van der Waals surface area contributed by atoms with Crippen molar-refractivity contribution < 1.29 is 13.9 Å². The van der Waals surface area contributed by atoms with E-state index < -0.39 is 5.91 Å². The van der Waals surface area contributed by atoms with Gasteiger partial charge in [0.2, 0.25) is 0 Å². The maximum Gasteiger partial charge on any atom is 0.289 e. The molecule has 1 unspecified atom stereocenters. The van der Waals surface area contributed by atoms with Gasteiger partial charge in [-0.05, 0) is 30.7 Å². The number of nitrogens with one attached hydrogen (secondary N) is 2. The number of likely N-dealkylation sites (tertiary alicyclic amines) is 1. The highest BCUT2D eigenvalue weighted by Gasteiger charge is 2.23. The van der Waals surface area contributed by atoms with Crippen molar-refractivity contribution in [2.24, 2.45) is 0 Å². The first-order valence-corrected chi connectivity index (χ1v) is 10.3. The van der Waals surface area contributed by atoms with Gasteiger partial charge in [-0.3, -0.25) is 25.5 Å². The van der Waals surface area contributed by atoms with Gasteiger partial charge < -0.3 is 9.14 Å². The number of aromatic nitrogens is 4. The van der Waals surface area contributed by atoms with Crippen LogP contribution >= 0.6 is 0 Å². The first-order valence-electron chi connectivity index (χ1n) is 10.3. The summed E-state index contributed by atoms with van der Waals surface area (Å²) >= 11 is 0. The second-order valence-electron chi connectivity index (χ2n) is 7.69. The summed E-state index contributed by atoms with van der Waals surface area (Å²) in [5.41, 5.74) is 8.69. The Labute approximate surface area is 183 Å². The Morgan fingerprint density at radius 1 is 1.25 bits per heavy atom. The fourth-order valence-corrected chi connectivity index (χ4v) is 4.08. The molecule has 0 saturated carbocycles. The molecule has 1 amide bonds. The number of benzene rings is 1. The number of fused-ring (bicyclic) bond motifs is 3. The molecule has 32 heavy (non-hydrogen) atoms. The monoisotopic (exact) mass is 435 g/mol. The maximum absolute atomic E-state index is 14.0. The third-order valence-electron chi connectivity index (χ3n) is 5.65. The van der Waals surface area contributed by atoms with Gasteiger partial charge in [0.25, 0.3) is 5.91 Å². The number of carbonyl (C=O) groups excluding carboxylic acids is 1. The van der Waals surface area contributed by atoms with Crippen LogP contribution in [0.4, 0.5) is 10.2 Å².